The third kappa shape index (κ3) is 6.98. The van der Waals surface area contributed by atoms with E-state index in [2.05, 4.69) is 0 Å². The fourth-order valence-corrected chi connectivity index (χ4v) is 5.75. The highest BCUT2D eigenvalue weighted by Gasteiger charge is 2.45. The van der Waals surface area contributed by atoms with Gasteiger partial charge in [-0.1, -0.05) is 13.8 Å². The van der Waals surface area contributed by atoms with Crippen molar-refractivity contribution < 1.29 is 58.7 Å². The van der Waals surface area contributed by atoms with E-state index in [1.807, 2.05) is 13.8 Å². The highest BCUT2D eigenvalue weighted by molar-refractivity contribution is 5.78. The molecule has 0 bridgehead atoms. The Balaban J connectivity index is 1.80. The maximum absolute atomic E-state index is 13.6. The van der Waals surface area contributed by atoms with Gasteiger partial charge in [0.1, 0.15) is 17.4 Å². The van der Waals surface area contributed by atoms with Crippen molar-refractivity contribution in [2.75, 3.05) is 13.7 Å². The second kappa shape index (κ2) is 11.4. The monoisotopic (exact) mass is 654 g/mol. The Kier molecular flexibility index (Phi) is 8.61. The van der Waals surface area contributed by atoms with E-state index in [0.29, 0.717) is 35.8 Å². The molecule has 7 nitrogen and oxygen atoms in total. The average Bonchev–Trinajstić information content (AvgIpc) is 3.18. The van der Waals surface area contributed by atoms with Crippen LogP contribution in [0.15, 0.2) is 35.9 Å². The molecule has 2 atom stereocenters. The number of carbonyl (C=O) groups is 1. The summed E-state index contributed by atoms with van der Waals surface area (Å²) in [6.45, 7) is 4.87. The molecule has 2 aromatic carbocycles. The summed E-state index contributed by atoms with van der Waals surface area (Å²) in [6.07, 6.45) is -16.9. The molecule has 1 amide bonds. The van der Waals surface area contributed by atoms with Gasteiger partial charge in [0.15, 0.2) is 0 Å². The molecule has 0 aromatic heterocycles. The largest absolute Gasteiger partial charge is 0.496 e. The van der Waals surface area contributed by atoms with Crippen molar-refractivity contribution in [2.45, 2.75) is 70.7 Å². The topological polar surface area (TPSA) is 81.9 Å². The van der Waals surface area contributed by atoms with Crippen molar-refractivity contribution in [3.05, 3.63) is 73.8 Å². The molecule has 4 rings (SSSR count). The number of hydrogen-bond donors (Lipinski definition) is 0. The molecule has 16 heteroatoms. The van der Waals surface area contributed by atoms with Crippen LogP contribution in [0.2, 0.25) is 0 Å². The van der Waals surface area contributed by atoms with Gasteiger partial charge in [-0.15, -0.1) is 0 Å². The summed E-state index contributed by atoms with van der Waals surface area (Å²) in [5, 5.41) is 11.6. The van der Waals surface area contributed by atoms with Crippen molar-refractivity contribution in [3.63, 3.8) is 0 Å². The van der Waals surface area contributed by atoms with Crippen molar-refractivity contribution in [1.29, 1.82) is 0 Å². The van der Waals surface area contributed by atoms with E-state index in [4.69, 9.17) is 9.47 Å². The number of alkyl halides is 9. The van der Waals surface area contributed by atoms with Crippen LogP contribution in [0.5, 0.6) is 5.75 Å². The van der Waals surface area contributed by atoms with Crippen LogP contribution in [0.25, 0.3) is 5.57 Å². The number of halogens is 9. The SMILES string of the molecule is COc1cc(C(F)(F)F)c([N+](=O)[O-])cc1C1=C(CN2C(=O)O[C@H](c3cc(C(F)(F)F)cc(C(F)(F)F)c3)[C@@H]2C)CC(C)(C)CC1. The first kappa shape index (κ1) is 33.9. The molecule has 246 valence electrons. The van der Waals surface area contributed by atoms with Gasteiger partial charge < -0.3 is 9.47 Å². The molecular formula is C29H27F9N2O5. The Bertz CT molecular complexity index is 1510. The Labute approximate surface area is 250 Å². The number of carbonyl (C=O) groups excluding carboxylic acids is 1. The third-order valence-electron chi connectivity index (χ3n) is 8.01. The van der Waals surface area contributed by atoms with Crippen LogP contribution < -0.4 is 4.74 Å². The van der Waals surface area contributed by atoms with Gasteiger partial charge in [0.05, 0.1) is 29.2 Å². The number of hydrogen-bond acceptors (Lipinski definition) is 5. The summed E-state index contributed by atoms with van der Waals surface area (Å²) in [7, 11) is 1.09. The van der Waals surface area contributed by atoms with Gasteiger partial charge in [-0.3, -0.25) is 15.0 Å². The predicted molar refractivity (Wildman–Crippen MR) is 141 cm³/mol. The molecule has 1 heterocycles. The summed E-state index contributed by atoms with van der Waals surface area (Å²) in [5.41, 5.74) is -6.01. The van der Waals surface area contributed by atoms with Gasteiger partial charge in [0, 0.05) is 18.2 Å². The minimum absolute atomic E-state index is 0.00725. The van der Waals surface area contributed by atoms with Gasteiger partial charge in [-0.05, 0) is 72.6 Å². The number of rotatable bonds is 6. The van der Waals surface area contributed by atoms with Crippen LogP contribution in [0.4, 0.5) is 50.0 Å². The molecular weight excluding hydrogens is 627 g/mol. The van der Waals surface area contributed by atoms with Gasteiger partial charge >= 0.3 is 24.6 Å². The Morgan fingerprint density at radius 2 is 1.56 bits per heavy atom. The van der Waals surface area contributed by atoms with Gasteiger partial charge in [0.2, 0.25) is 0 Å². The summed E-state index contributed by atoms with van der Waals surface area (Å²) in [6, 6.07) is 1.12. The first-order valence-electron chi connectivity index (χ1n) is 13.4. The smallest absolute Gasteiger partial charge is 0.423 e. The minimum atomic E-state index is -5.13. The van der Waals surface area contributed by atoms with Crippen molar-refractivity contribution >= 4 is 17.4 Å². The summed E-state index contributed by atoms with van der Waals surface area (Å²) in [4.78, 5) is 24.6. The lowest BCUT2D eigenvalue weighted by Crippen LogP contribution is -2.35. The molecule has 1 aliphatic carbocycles. The van der Waals surface area contributed by atoms with Crippen LogP contribution in [0.3, 0.4) is 0 Å². The van der Waals surface area contributed by atoms with Crippen LogP contribution in [-0.4, -0.2) is 35.6 Å². The number of ether oxygens (including phenoxy) is 2. The van der Waals surface area contributed by atoms with Crippen LogP contribution >= 0.6 is 0 Å². The van der Waals surface area contributed by atoms with E-state index in [1.165, 1.54) is 6.92 Å². The Morgan fingerprint density at radius 3 is 2.04 bits per heavy atom. The molecule has 45 heavy (non-hydrogen) atoms. The number of allylic oxidation sites excluding steroid dienone is 1. The quantitative estimate of drug-likeness (QED) is 0.176. The molecule has 0 saturated carbocycles. The molecule has 1 aliphatic heterocycles. The van der Waals surface area contributed by atoms with E-state index < -0.39 is 75.0 Å². The second-order valence-corrected chi connectivity index (χ2v) is 11.8. The number of nitro groups is 1. The fourth-order valence-electron chi connectivity index (χ4n) is 5.75. The lowest BCUT2D eigenvalue weighted by molar-refractivity contribution is -0.388. The fraction of sp³-hybridized carbons (Fsp3) is 0.483. The maximum atomic E-state index is 13.6. The molecule has 2 aromatic rings. The van der Waals surface area contributed by atoms with Crippen molar-refractivity contribution in [1.82, 2.24) is 4.90 Å². The Morgan fingerprint density at radius 1 is 0.978 bits per heavy atom. The van der Waals surface area contributed by atoms with E-state index in [0.717, 1.165) is 18.1 Å². The van der Waals surface area contributed by atoms with Crippen molar-refractivity contribution in [2.24, 2.45) is 5.41 Å². The number of amides is 1. The van der Waals surface area contributed by atoms with E-state index in [-0.39, 0.29) is 36.8 Å². The highest BCUT2D eigenvalue weighted by Crippen LogP contribution is 2.49. The minimum Gasteiger partial charge on any atom is -0.496 e. The summed E-state index contributed by atoms with van der Waals surface area (Å²) < 4.78 is 132. The number of nitrogens with zero attached hydrogens (tertiary/aromatic N) is 2. The predicted octanol–water partition coefficient (Wildman–Crippen LogP) is 9.21. The van der Waals surface area contributed by atoms with Gasteiger partial charge in [-0.2, -0.15) is 39.5 Å². The normalized spacial score (nSPS) is 20.8. The van der Waals surface area contributed by atoms with Crippen LogP contribution in [0.1, 0.15) is 74.0 Å². The number of cyclic esters (lactones) is 1. The first-order valence-corrected chi connectivity index (χ1v) is 13.4. The standard InChI is InChI=1S/C29H27F9N2O5/c1-14-24(15-7-17(27(30,31)32)9-18(8-15)28(33,34)35)45-25(41)39(14)13-16-12-26(2,3)6-5-19(16)20-10-22(40(42)43)21(29(36,37)38)11-23(20)44-4/h7-11,14,24H,5-6,12-13H2,1-4H3/t14-,24-/m0/s1. The number of nitro benzene ring substituents is 1. The summed E-state index contributed by atoms with van der Waals surface area (Å²) in [5.74, 6) is -0.307. The molecule has 1 fully saturated rings. The van der Waals surface area contributed by atoms with E-state index >= 15 is 0 Å². The second-order valence-electron chi connectivity index (χ2n) is 11.8. The highest BCUT2D eigenvalue weighted by atomic mass is 19.4. The van der Waals surface area contributed by atoms with Gasteiger partial charge in [0.25, 0.3) is 5.69 Å². The molecule has 0 N–H and O–H groups in total. The van der Waals surface area contributed by atoms with Crippen LogP contribution in [-0.2, 0) is 23.3 Å². The zero-order chi connectivity index (χ0) is 33.9. The maximum Gasteiger partial charge on any atom is 0.423 e. The molecule has 2 aliphatic rings. The van der Waals surface area contributed by atoms with E-state index in [9.17, 15) is 54.4 Å². The first-order chi connectivity index (χ1) is 20.5. The Hall–Kier alpha value is -3.98. The van der Waals surface area contributed by atoms with Gasteiger partial charge in [-0.25, -0.2) is 4.79 Å². The summed E-state index contributed by atoms with van der Waals surface area (Å²) >= 11 is 0. The lowest BCUT2D eigenvalue weighted by atomic mass is 9.72. The van der Waals surface area contributed by atoms with Crippen molar-refractivity contribution in [3.8, 4) is 5.75 Å². The molecule has 1 saturated heterocycles. The van der Waals surface area contributed by atoms with E-state index in [1.54, 1.807) is 0 Å². The van der Waals surface area contributed by atoms with Crippen LogP contribution in [0, 0.1) is 15.5 Å². The zero-order valence-corrected chi connectivity index (χ0v) is 24.2. The average molecular weight is 655 g/mol. The number of benzene rings is 2. The third-order valence-corrected chi connectivity index (χ3v) is 8.01. The molecule has 0 radical (unpaired) electrons. The lowest BCUT2D eigenvalue weighted by Gasteiger charge is -2.35. The molecule has 0 spiro atoms. The zero-order valence-electron chi connectivity index (χ0n) is 24.2. The molecule has 0 unspecified atom stereocenters. The number of methoxy groups -OCH3 is 1.